The summed E-state index contributed by atoms with van der Waals surface area (Å²) < 4.78 is 5.95. The summed E-state index contributed by atoms with van der Waals surface area (Å²) in [6.45, 7) is 9.23. The van der Waals surface area contributed by atoms with Crippen LogP contribution < -0.4 is 4.74 Å². The number of ether oxygens (including phenoxy) is 1. The van der Waals surface area contributed by atoms with Crippen LogP contribution >= 0.6 is 0 Å². The molecule has 0 atom stereocenters. The molecule has 0 aliphatic rings. The van der Waals surface area contributed by atoms with E-state index in [0.717, 1.165) is 5.75 Å². The molecule has 0 amide bonds. The number of hydrogen-bond acceptors (Lipinski definition) is 1. The van der Waals surface area contributed by atoms with Crippen molar-refractivity contribution in [1.29, 1.82) is 0 Å². The second-order valence-electron chi connectivity index (χ2n) is 5.41. The first-order chi connectivity index (χ1) is 9.08. The summed E-state index contributed by atoms with van der Waals surface area (Å²) in [4.78, 5) is 0. The Morgan fingerprint density at radius 2 is 1.47 bits per heavy atom. The van der Waals surface area contributed by atoms with E-state index in [1.807, 2.05) is 0 Å². The summed E-state index contributed by atoms with van der Waals surface area (Å²) >= 11 is 0. The summed E-state index contributed by atoms with van der Waals surface area (Å²) in [5.74, 6) is 1.59. The average molecular weight is 254 g/mol. The molecule has 0 saturated heterocycles. The standard InChI is InChI=1S/C18H22O/c1-13(2)17-10-8-16(9-11-17)12-19-18-14(3)6-5-7-15(18)4/h5-11,13H,12H2,1-4H3. The van der Waals surface area contributed by atoms with Gasteiger partial charge in [0.05, 0.1) is 0 Å². The molecule has 0 aliphatic carbocycles. The number of aryl methyl sites for hydroxylation is 2. The van der Waals surface area contributed by atoms with Gasteiger partial charge in [0.2, 0.25) is 0 Å². The van der Waals surface area contributed by atoms with Gasteiger partial charge in [-0.3, -0.25) is 0 Å². The molecule has 0 aliphatic heterocycles. The maximum Gasteiger partial charge on any atom is 0.125 e. The third kappa shape index (κ3) is 3.37. The maximum atomic E-state index is 5.95. The Balaban J connectivity index is 2.06. The fraction of sp³-hybridized carbons (Fsp3) is 0.333. The number of benzene rings is 2. The lowest BCUT2D eigenvalue weighted by Gasteiger charge is -2.12. The lowest BCUT2D eigenvalue weighted by molar-refractivity contribution is 0.302. The van der Waals surface area contributed by atoms with Crippen molar-refractivity contribution in [2.24, 2.45) is 0 Å². The minimum atomic E-state index is 0.577. The molecule has 0 N–H and O–H groups in total. The molecule has 0 saturated carbocycles. The molecule has 0 bridgehead atoms. The molecule has 2 aromatic carbocycles. The van der Waals surface area contributed by atoms with E-state index in [-0.39, 0.29) is 0 Å². The highest BCUT2D eigenvalue weighted by Gasteiger charge is 2.04. The van der Waals surface area contributed by atoms with Gasteiger partial charge in [-0.05, 0) is 42.0 Å². The summed E-state index contributed by atoms with van der Waals surface area (Å²) in [6, 6.07) is 14.9. The Hall–Kier alpha value is -1.76. The summed E-state index contributed by atoms with van der Waals surface area (Å²) in [5, 5.41) is 0. The fourth-order valence-corrected chi connectivity index (χ4v) is 2.18. The van der Waals surface area contributed by atoms with Crippen LogP contribution in [0.1, 0.15) is 42.0 Å². The Morgan fingerprint density at radius 1 is 0.895 bits per heavy atom. The third-order valence-corrected chi connectivity index (χ3v) is 3.44. The van der Waals surface area contributed by atoms with E-state index in [1.54, 1.807) is 0 Å². The molecular weight excluding hydrogens is 232 g/mol. The molecule has 2 aromatic rings. The quantitative estimate of drug-likeness (QED) is 0.745. The monoisotopic (exact) mass is 254 g/mol. The van der Waals surface area contributed by atoms with Crippen molar-refractivity contribution in [3.8, 4) is 5.75 Å². The lowest BCUT2D eigenvalue weighted by Crippen LogP contribution is -1.99. The molecule has 19 heavy (non-hydrogen) atoms. The third-order valence-electron chi connectivity index (χ3n) is 3.44. The Labute approximate surface area is 116 Å². The summed E-state index contributed by atoms with van der Waals surface area (Å²) in [7, 11) is 0. The smallest absolute Gasteiger partial charge is 0.125 e. The van der Waals surface area contributed by atoms with Crippen LogP contribution in [0.3, 0.4) is 0 Å². The zero-order valence-corrected chi connectivity index (χ0v) is 12.2. The number of para-hydroxylation sites is 1. The second-order valence-corrected chi connectivity index (χ2v) is 5.41. The van der Waals surface area contributed by atoms with Gasteiger partial charge in [-0.1, -0.05) is 56.3 Å². The highest BCUT2D eigenvalue weighted by molar-refractivity contribution is 5.40. The van der Waals surface area contributed by atoms with E-state index in [1.165, 1.54) is 22.3 Å². The van der Waals surface area contributed by atoms with Crippen LogP contribution in [0.4, 0.5) is 0 Å². The minimum absolute atomic E-state index is 0.577. The molecule has 1 heteroatoms. The van der Waals surface area contributed by atoms with Crippen LogP contribution in [0, 0.1) is 13.8 Å². The van der Waals surface area contributed by atoms with E-state index in [2.05, 4.69) is 70.2 Å². The summed E-state index contributed by atoms with van der Waals surface area (Å²) in [6.07, 6.45) is 0. The van der Waals surface area contributed by atoms with Gasteiger partial charge in [-0.25, -0.2) is 0 Å². The average Bonchev–Trinajstić information content (AvgIpc) is 2.38. The van der Waals surface area contributed by atoms with Gasteiger partial charge in [0.1, 0.15) is 12.4 Å². The molecule has 0 fully saturated rings. The first-order valence-electron chi connectivity index (χ1n) is 6.86. The van der Waals surface area contributed by atoms with Crippen LogP contribution in [-0.2, 0) is 6.61 Å². The van der Waals surface area contributed by atoms with Crippen molar-refractivity contribution in [3.05, 3.63) is 64.7 Å². The van der Waals surface area contributed by atoms with Gasteiger partial charge in [0.15, 0.2) is 0 Å². The summed E-state index contributed by atoms with van der Waals surface area (Å²) in [5.41, 5.74) is 4.97. The van der Waals surface area contributed by atoms with E-state index >= 15 is 0 Å². The van der Waals surface area contributed by atoms with E-state index in [4.69, 9.17) is 4.74 Å². The van der Waals surface area contributed by atoms with Gasteiger partial charge in [0, 0.05) is 0 Å². The van der Waals surface area contributed by atoms with Gasteiger partial charge in [-0.2, -0.15) is 0 Å². The zero-order valence-electron chi connectivity index (χ0n) is 12.2. The molecule has 1 nitrogen and oxygen atoms in total. The van der Waals surface area contributed by atoms with E-state index < -0.39 is 0 Å². The maximum absolute atomic E-state index is 5.95. The lowest BCUT2D eigenvalue weighted by atomic mass is 10.0. The van der Waals surface area contributed by atoms with Crippen LogP contribution in [0.5, 0.6) is 5.75 Å². The second kappa shape index (κ2) is 5.92. The predicted molar refractivity (Wildman–Crippen MR) is 80.8 cm³/mol. The highest BCUT2D eigenvalue weighted by atomic mass is 16.5. The van der Waals surface area contributed by atoms with E-state index in [9.17, 15) is 0 Å². The van der Waals surface area contributed by atoms with Gasteiger partial charge >= 0.3 is 0 Å². The molecule has 0 heterocycles. The minimum Gasteiger partial charge on any atom is -0.488 e. The Bertz CT molecular complexity index is 518. The van der Waals surface area contributed by atoms with Gasteiger partial charge in [-0.15, -0.1) is 0 Å². The molecule has 0 aromatic heterocycles. The van der Waals surface area contributed by atoms with Crippen LogP contribution in [-0.4, -0.2) is 0 Å². The van der Waals surface area contributed by atoms with Crippen molar-refractivity contribution in [2.45, 2.75) is 40.2 Å². The molecule has 0 unspecified atom stereocenters. The van der Waals surface area contributed by atoms with Gasteiger partial charge in [0.25, 0.3) is 0 Å². The van der Waals surface area contributed by atoms with E-state index in [0.29, 0.717) is 12.5 Å². The van der Waals surface area contributed by atoms with Crippen LogP contribution in [0.2, 0.25) is 0 Å². The van der Waals surface area contributed by atoms with Crippen molar-refractivity contribution >= 4 is 0 Å². The first kappa shape index (κ1) is 13.7. The van der Waals surface area contributed by atoms with Crippen molar-refractivity contribution in [2.75, 3.05) is 0 Å². The molecule has 0 radical (unpaired) electrons. The number of hydrogen-bond donors (Lipinski definition) is 0. The van der Waals surface area contributed by atoms with Crippen molar-refractivity contribution < 1.29 is 4.74 Å². The molecule has 100 valence electrons. The molecule has 0 spiro atoms. The largest absolute Gasteiger partial charge is 0.488 e. The Kier molecular flexibility index (Phi) is 4.26. The normalized spacial score (nSPS) is 10.8. The van der Waals surface area contributed by atoms with Crippen molar-refractivity contribution in [3.63, 3.8) is 0 Å². The topological polar surface area (TPSA) is 9.23 Å². The molecular formula is C18H22O. The van der Waals surface area contributed by atoms with Gasteiger partial charge < -0.3 is 4.74 Å². The Morgan fingerprint density at radius 3 is 2.00 bits per heavy atom. The van der Waals surface area contributed by atoms with Crippen LogP contribution in [0.25, 0.3) is 0 Å². The fourth-order valence-electron chi connectivity index (χ4n) is 2.18. The SMILES string of the molecule is Cc1cccc(C)c1OCc1ccc(C(C)C)cc1. The highest BCUT2D eigenvalue weighted by Crippen LogP contribution is 2.23. The van der Waals surface area contributed by atoms with Crippen LogP contribution in [0.15, 0.2) is 42.5 Å². The molecule has 2 rings (SSSR count). The first-order valence-corrected chi connectivity index (χ1v) is 6.86. The predicted octanol–water partition coefficient (Wildman–Crippen LogP) is 5.01. The number of rotatable bonds is 4. The zero-order chi connectivity index (χ0) is 13.8. The van der Waals surface area contributed by atoms with Crippen molar-refractivity contribution in [1.82, 2.24) is 0 Å².